The topological polar surface area (TPSA) is 36.8 Å². The van der Waals surface area contributed by atoms with Gasteiger partial charge in [0.2, 0.25) is 0 Å². The van der Waals surface area contributed by atoms with Crippen molar-refractivity contribution in [1.29, 1.82) is 0 Å². The molecule has 0 fully saturated rings. The van der Waals surface area contributed by atoms with E-state index in [2.05, 4.69) is 36.3 Å². The molecular formula is C8H17N3. The predicted octanol–water partition coefficient (Wildman–Crippen LogP) is 1.95. The Morgan fingerprint density at radius 2 is 2.00 bits per heavy atom. The van der Waals surface area contributed by atoms with Gasteiger partial charge in [-0.15, -0.1) is 0 Å². The summed E-state index contributed by atoms with van der Waals surface area (Å²) in [7, 11) is 0. The molecule has 3 heteroatoms. The minimum absolute atomic E-state index is 0.00133. The lowest BCUT2D eigenvalue weighted by atomic mass is 10.1. The van der Waals surface area contributed by atoms with E-state index >= 15 is 0 Å². The van der Waals surface area contributed by atoms with E-state index in [1.165, 1.54) is 6.42 Å². The number of hydrogen-bond acceptors (Lipinski definition) is 3. The summed E-state index contributed by atoms with van der Waals surface area (Å²) >= 11 is 0. The Balaban J connectivity index is 1.89. The Hall–Kier alpha value is -0.440. The summed E-state index contributed by atoms with van der Waals surface area (Å²) in [5.41, 5.74) is -0.00133. The fourth-order valence-electron chi connectivity index (χ4n) is 0.999. The summed E-state index contributed by atoms with van der Waals surface area (Å²) in [5.74, 6) is 0. The number of rotatable bonds is 5. The Bertz CT molecular complexity index is 145. The average Bonchev–Trinajstić information content (AvgIpc) is 2.62. The zero-order valence-electron chi connectivity index (χ0n) is 7.59. The van der Waals surface area contributed by atoms with Crippen LogP contribution in [-0.4, -0.2) is 18.2 Å². The highest BCUT2D eigenvalue weighted by molar-refractivity contribution is 4.87. The van der Waals surface area contributed by atoms with E-state index in [1.54, 1.807) is 0 Å². The van der Waals surface area contributed by atoms with Crippen molar-refractivity contribution in [1.82, 2.24) is 5.32 Å². The molecule has 0 radical (unpaired) electrons. The molecule has 3 nitrogen and oxygen atoms in total. The summed E-state index contributed by atoms with van der Waals surface area (Å²) in [6, 6.07) is 0.593. The van der Waals surface area contributed by atoms with Crippen LogP contribution in [0, 0.1) is 0 Å². The molecule has 0 atom stereocenters. The zero-order valence-corrected chi connectivity index (χ0v) is 7.59. The van der Waals surface area contributed by atoms with Crippen molar-refractivity contribution < 1.29 is 0 Å². The molecular weight excluding hydrogens is 138 g/mol. The minimum Gasteiger partial charge on any atom is -0.315 e. The second kappa shape index (κ2) is 3.30. The van der Waals surface area contributed by atoms with Gasteiger partial charge in [0, 0.05) is 6.04 Å². The van der Waals surface area contributed by atoms with Crippen molar-refractivity contribution in [2.45, 2.75) is 45.3 Å². The van der Waals surface area contributed by atoms with Crippen LogP contribution in [0.5, 0.6) is 0 Å². The predicted molar refractivity (Wildman–Crippen MR) is 45.6 cm³/mol. The first-order valence-corrected chi connectivity index (χ1v) is 4.30. The maximum atomic E-state index is 3.95. The molecule has 0 saturated heterocycles. The van der Waals surface area contributed by atoms with Crippen LogP contribution in [0.25, 0.3) is 0 Å². The summed E-state index contributed by atoms with van der Waals surface area (Å²) in [6.07, 6.45) is 2.26. The molecule has 1 N–H and O–H groups in total. The maximum Gasteiger partial charge on any atom is 0.188 e. The first-order valence-electron chi connectivity index (χ1n) is 4.30. The molecule has 0 unspecified atom stereocenters. The van der Waals surface area contributed by atoms with Crippen molar-refractivity contribution in [2.75, 3.05) is 6.54 Å². The summed E-state index contributed by atoms with van der Waals surface area (Å²) in [4.78, 5) is 0. The second-order valence-electron chi connectivity index (χ2n) is 3.63. The van der Waals surface area contributed by atoms with Crippen LogP contribution in [0.1, 0.15) is 33.6 Å². The van der Waals surface area contributed by atoms with E-state index < -0.39 is 0 Å². The van der Waals surface area contributed by atoms with Gasteiger partial charge in [0.05, 0.1) is 0 Å². The third-order valence-corrected chi connectivity index (χ3v) is 1.82. The Labute approximate surface area is 68.3 Å². The first kappa shape index (κ1) is 8.65. The Kier molecular flexibility index (Phi) is 2.60. The minimum atomic E-state index is -0.00133. The number of nitrogens with zero attached hydrogens (tertiary/aromatic N) is 2. The van der Waals surface area contributed by atoms with Gasteiger partial charge in [-0.3, -0.25) is 0 Å². The molecule has 0 aromatic rings. The van der Waals surface area contributed by atoms with E-state index in [0.29, 0.717) is 6.04 Å². The molecule has 0 spiro atoms. The van der Waals surface area contributed by atoms with Gasteiger partial charge in [-0.05, 0) is 26.3 Å². The number of nitrogens with one attached hydrogen (secondary N) is 1. The molecule has 1 aliphatic heterocycles. The van der Waals surface area contributed by atoms with E-state index in [9.17, 15) is 0 Å². The molecule has 11 heavy (non-hydrogen) atoms. The van der Waals surface area contributed by atoms with Crippen molar-refractivity contribution in [3.63, 3.8) is 0 Å². The normalized spacial score (nSPS) is 19.3. The van der Waals surface area contributed by atoms with Crippen LogP contribution in [0.2, 0.25) is 0 Å². The summed E-state index contributed by atoms with van der Waals surface area (Å²) in [5, 5.41) is 11.3. The third kappa shape index (κ3) is 3.46. The molecule has 0 aromatic heterocycles. The molecule has 0 amide bonds. The molecule has 0 aliphatic carbocycles. The van der Waals surface area contributed by atoms with E-state index in [-0.39, 0.29) is 5.66 Å². The second-order valence-corrected chi connectivity index (χ2v) is 3.63. The van der Waals surface area contributed by atoms with Crippen LogP contribution in [0.15, 0.2) is 10.2 Å². The van der Waals surface area contributed by atoms with Gasteiger partial charge in [-0.2, -0.15) is 10.2 Å². The number of hydrogen-bond donors (Lipinski definition) is 1. The van der Waals surface area contributed by atoms with Crippen molar-refractivity contribution in [3.8, 4) is 0 Å². The van der Waals surface area contributed by atoms with Gasteiger partial charge in [-0.1, -0.05) is 13.8 Å². The van der Waals surface area contributed by atoms with Crippen LogP contribution < -0.4 is 5.32 Å². The standard InChI is InChI=1S/C8H17N3/c1-7(2)9-6-4-5-8(3)10-11-8/h7,9H,4-6H2,1-3H3. The highest BCUT2D eigenvalue weighted by Gasteiger charge is 2.32. The van der Waals surface area contributed by atoms with Crippen LogP contribution >= 0.6 is 0 Å². The quantitative estimate of drug-likeness (QED) is 0.605. The van der Waals surface area contributed by atoms with Gasteiger partial charge in [-0.25, -0.2) is 0 Å². The van der Waals surface area contributed by atoms with Crippen molar-refractivity contribution in [2.24, 2.45) is 10.2 Å². The summed E-state index contributed by atoms with van der Waals surface area (Å²) < 4.78 is 0. The molecule has 1 rings (SSSR count). The molecule has 0 aromatic carbocycles. The molecule has 64 valence electrons. The Morgan fingerprint density at radius 3 is 2.45 bits per heavy atom. The lowest BCUT2D eigenvalue weighted by Gasteiger charge is -2.08. The lowest BCUT2D eigenvalue weighted by Crippen LogP contribution is -2.24. The largest absolute Gasteiger partial charge is 0.315 e. The first-order chi connectivity index (χ1) is 5.12. The van der Waals surface area contributed by atoms with Gasteiger partial charge in [0.15, 0.2) is 5.66 Å². The lowest BCUT2D eigenvalue weighted by molar-refractivity contribution is 0.510. The van der Waals surface area contributed by atoms with Crippen LogP contribution in [-0.2, 0) is 0 Å². The highest BCUT2D eigenvalue weighted by Crippen LogP contribution is 2.31. The average molecular weight is 155 g/mol. The fraction of sp³-hybridized carbons (Fsp3) is 1.00. The van der Waals surface area contributed by atoms with E-state index in [0.717, 1.165) is 13.0 Å². The van der Waals surface area contributed by atoms with E-state index in [1.807, 2.05) is 0 Å². The molecule has 1 heterocycles. The van der Waals surface area contributed by atoms with Gasteiger partial charge in [0.25, 0.3) is 0 Å². The van der Waals surface area contributed by atoms with Gasteiger partial charge >= 0.3 is 0 Å². The van der Waals surface area contributed by atoms with Crippen molar-refractivity contribution >= 4 is 0 Å². The van der Waals surface area contributed by atoms with E-state index in [4.69, 9.17) is 0 Å². The monoisotopic (exact) mass is 155 g/mol. The van der Waals surface area contributed by atoms with Gasteiger partial charge in [0.1, 0.15) is 0 Å². The molecule has 0 saturated carbocycles. The maximum absolute atomic E-state index is 3.95. The zero-order chi connectivity index (χ0) is 8.32. The van der Waals surface area contributed by atoms with Crippen molar-refractivity contribution in [3.05, 3.63) is 0 Å². The highest BCUT2D eigenvalue weighted by atomic mass is 15.4. The van der Waals surface area contributed by atoms with Gasteiger partial charge < -0.3 is 5.32 Å². The molecule has 1 aliphatic rings. The third-order valence-electron chi connectivity index (χ3n) is 1.82. The van der Waals surface area contributed by atoms with Crippen LogP contribution in [0.4, 0.5) is 0 Å². The Morgan fingerprint density at radius 1 is 1.36 bits per heavy atom. The fourth-order valence-corrected chi connectivity index (χ4v) is 0.999. The summed E-state index contributed by atoms with van der Waals surface area (Å²) in [6.45, 7) is 7.47. The SMILES string of the molecule is CC(C)NCCCC1(C)N=N1. The van der Waals surface area contributed by atoms with Crippen LogP contribution in [0.3, 0.4) is 0 Å². The smallest absolute Gasteiger partial charge is 0.188 e. The molecule has 0 bridgehead atoms.